The van der Waals surface area contributed by atoms with E-state index in [4.69, 9.17) is 5.11 Å². The molecule has 23 heavy (non-hydrogen) atoms. The lowest BCUT2D eigenvalue weighted by atomic mass is 9.85. The number of carbonyl (C=O) groups excluding carboxylic acids is 1. The van der Waals surface area contributed by atoms with E-state index in [1.807, 2.05) is 10.7 Å². The molecule has 7 heteroatoms. The largest absolute Gasteiger partial charge is 0.394 e. The third-order valence-electron chi connectivity index (χ3n) is 4.74. The van der Waals surface area contributed by atoms with Crippen LogP contribution in [0, 0.1) is 5.92 Å². The molecule has 0 unspecified atom stereocenters. The van der Waals surface area contributed by atoms with E-state index in [-0.39, 0.29) is 18.4 Å². The lowest BCUT2D eigenvalue weighted by molar-refractivity contribution is -0.127. The van der Waals surface area contributed by atoms with Gasteiger partial charge in [0.05, 0.1) is 30.6 Å². The van der Waals surface area contributed by atoms with Crippen LogP contribution in [-0.4, -0.2) is 56.6 Å². The smallest absolute Gasteiger partial charge is 0.223 e. The van der Waals surface area contributed by atoms with Crippen molar-refractivity contribution in [1.82, 2.24) is 20.0 Å². The molecule has 2 aliphatic rings. The molecule has 128 valence electrons. The molecule has 0 spiro atoms. The average Bonchev–Trinajstić information content (AvgIpc) is 2.76. The Hall–Kier alpha value is -1.44. The van der Waals surface area contributed by atoms with Gasteiger partial charge in [0.25, 0.3) is 0 Å². The zero-order chi connectivity index (χ0) is 16.2. The first-order valence-corrected chi connectivity index (χ1v) is 8.50. The molecule has 0 saturated heterocycles. The van der Waals surface area contributed by atoms with Crippen LogP contribution in [-0.2, 0) is 24.4 Å². The first kappa shape index (κ1) is 16.4. The van der Waals surface area contributed by atoms with Gasteiger partial charge in [-0.05, 0) is 25.3 Å². The zero-order valence-corrected chi connectivity index (χ0v) is 13.4. The van der Waals surface area contributed by atoms with Crippen LogP contribution in [0.2, 0.25) is 0 Å². The number of fused-ring (bicyclic) bond motifs is 1. The molecule has 1 aromatic heterocycles. The Kier molecular flexibility index (Phi) is 5.30. The number of nitrogens with zero attached hydrogens (tertiary/aromatic N) is 3. The van der Waals surface area contributed by atoms with E-state index in [1.165, 1.54) is 0 Å². The van der Waals surface area contributed by atoms with Crippen molar-refractivity contribution in [1.29, 1.82) is 0 Å². The molecule has 0 bridgehead atoms. The summed E-state index contributed by atoms with van der Waals surface area (Å²) in [5.74, 6) is 0.345. The molecule has 1 amide bonds. The first-order chi connectivity index (χ1) is 11.2. The molecule has 1 fully saturated rings. The van der Waals surface area contributed by atoms with Crippen molar-refractivity contribution in [2.24, 2.45) is 5.92 Å². The predicted molar refractivity (Wildman–Crippen MR) is 84.4 cm³/mol. The van der Waals surface area contributed by atoms with Crippen molar-refractivity contribution in [3.8, 4) is 0 Å². The second-order valence-electron chi connectivity index (χ2n) is 6.62. The number of aromatic nitrogens is 2. The lowest BCUT2D eigenvalue weighted by Crippen LogP contribution is -2.34. The van der Waals surface area contributed by atoms with Crippen LogP contribution in [0.5, 0.6) is 0 Å². The van der Waals surface area contributed by atoms with E-state index in [1.54, 1.807) is 0 Å². The van der Waals surface area contributed by atoms with E-state index >= 15 is 0 Å². The molecule has 7 nitrogen and oxygen atoms in total. The van der Waals surface area contributed by atoms with Gasteiger partial charge in [0, 0.05) is 32.1 Å². The van der Waals surface area contributed by atoms with Gasteiger partial charge in [-0.25, -0.2) is 0 Å². The number of hydrogen-bond donors (Lipinski definition) is 3. The van der Waals surface area contributed by atoms with Gasteiger partial charge in [0.2, 0.25) is 5.91 Å². The number of aryl methyl sites for hydroxylation is 1. The molecule has 1 atom stereocenters. The average molecular weight is 322 g/mol. The minimum absolute atomic E-state index is 0.145. The van der Waals surface area contributed by atoms with Gasteiger partial charge < -0.3 is 15.5 Å². The molecule has 1 aromatic rings. The quantitative estimate of drug-likeness (QED) is 0.678. The van der Waals surface area contributed by atoms with Gasteiger partial charge in [-0.2, -0.15) is 5.10 Å². The maximum absolute atomic E-state index is 11.9. The summed E-state index contributed by atoms with van der Waals surface area (Å²) >= 11 is 0. The molecular formula is C16H26N4O3. The number of hydrogen-bond acceptors (Lipinski definition) is 5. The molecule has 0 aromatic carbocycles. The maximum atomic E-state index is 11.9. The fourth-order valence-corrected chi connectivity index (χ4v) is 3.18. The molecular weight excluding hydrogens is 296 g/mol. The SMILES string of the molecule is O=C(NCc1cc2n(n1)CCCN(C[C@@H](O)CO)C2)C1CCC1. The first-order valence-electron chi connectivity index (χ1n) is 8.50. The fraction of sp³-hybridized carbons (Fsp3) is 0.750. The number of nitrogens with one attached hydrogen (secondary N) is 1. The summed E-state index contributed by atoms with van der Waals surface area (Å²) in [5.41, 5.74) is 1.98. The molecule has 2 heterocycles. The Morgan fingerprint density at radius 1 is 1.39 bits per heavy atom. The van der Waals surface area contributed by atoms with Gasteiger partial charge in [0.1, 0.15) is 0 Å². The van der Waals surface area contributed by atoms with Crippen molar-refractivity contribution >= 4 is 5.91 Å². The predicted octanol–water partition coefficient (Wildman–Crippen LogP) is -0.142. The molecule has 1 saturated carbocycles. The lowest BCUT2D eigenvalue weighted by Gasteiger charge is -2.23. The van der Waals surface area contributed by atoms with E-state index in [2.05, 4.69) is 15.3 Å². The van der Waals surface area contributed by atoms with Crippen LogP contribution >= 0.6 is 0 Å². The molecule has 3 N–H and O–H groups in total. The molecule has 1 aliphatic carbocycles. The molecule has 0 radical (unpaired) electrons. The Morgan fingerprint density at radius 3 is 2.91 bits per heavy atom. The summed E-state index contributed by atoms with van der Waals surface area (Å²) in [5, 5.41) is 26.2. The minimum atomic E-state index is -0.703. The van der Waals surface area contributed by atoms with E-state index in [0.717, 1.165) is 50.2 Å². The van der Waals surface area contributed by atoms with Crippen LogP contribution in [0.1, 0.15) is 37.1 Å². The zero-order valence-electron chi connectivity index (χ0n) is 13.4. The van der Waals surface area contributed by atoms with Crippen molar-refractivity contribution in [2.45, 2.75) is 51.4 Å². The van der Waals surface area contributed by atoms with Crippen LogP contribution in [0.3, 0.4) is 0 Å². The summed E-state index contributed by atoms with van der Waals surface area (Å²) in [6.45, 7) is 3.17. The second-order valence-corrected chi connectivity index (χ2v) is 6.62. The number of β-amino-alcohol motifs (C(OH)–C–C–N with tert-alkyl or cyclic N) is 1. The number of aliphatic hydroxyl groups is 2. The maximum Gasteiger partial charge on any atom is 0.223 e. The Labute approximate surface area is 136 Å². The van der Waals surface area contributed by atoms with Crippen molar-refractivity contribution in [3.63, 3.8) is 0 Å². The summed E-state index contributed by atoms with van der Waals surface area (Å²) in [6, 6.07) is 2.03. The highest BCUT2D eigenvalue weighted by Gasteiger charge is 2.25. The minimum Gasteiger partial charge on any atom is -0.394 e. The van der Waals surface area contributed by atoms with E-state index in [9.17, 15) is 9.90 Å². The van der Waals surface area contributed by atoms with Gasteiger partial charge >= 0.3 is 0 Å². The van der Waals surface area contributed by atoms with Crippen LogP contribution in [0.4, 0.5) is 0 Å². The van der Waals surface area contributed by atoms with Crippen molar-refractivity contribution in [2.75, 3.05) is 19.7 Å². The van der Waals surface area contributed by atoms with Crippen LogP contribution < -0.4 is 5.32 Å². The summed E-state index contributed by atoms with van der Waals surface area (Å²) in [6.07, 6.45) is 3.43. The van der Waals surface area contributed by atoms with Gasteiger partial charge in [0.15, 0.2) is 0 Å². The summed E-state index contributed by atoms with van der Waals surface area (Å²) in [7, 11) is 0. The Bertz CT molecular complexity index is 541. The van der Waals surface area contributed by atoms with Crippen LogP contribution in [0.25, 0.3) is 0 Å². The highest BCUT2D eigenvalue weighted by molar-refractivity contribution is 5.79. The van der Waals surface area contributed by atoms with Crippen molar-refractivity contribution < 1.29 is 15.0 Å². The third-order valence-corrected chi connectivity index (χ3v) is 4.74. The fourth-order valence-electron chi connectivity index (χ4n) is 3.18. The number of rotatable bonds is 6. The number of amides is 1. The standard InChI is InChI=1S/C16H26N4O3/c21-11-15(22)10-19-5-2-6-20-14(9-19)7-13(18-20)8-17-16(23)12-3-1-4-12/h7,12,15,21-22H,1-6,8-11H2,(H,17,23)/t15-/m1/s1. The monoisotopic (exact) mass is 322 g/mol. The molecule has 3 rings (SSSR count). The summed E-state index contributed by atoms with van der Waals surface area (Å²) < 4.78 is 2.00. The topological polar surface area (TPSA) is 90.6 Å². The Balaban J connectivity index is 1.56. The van der Waals surface area contributed by atoms with Crippen molar-refractivity contribution in [3.05, 3.63) is 17.5 Å². The van der Waals surface area contributed by atoms with Gasteiger partial charge in [-0.1, -0.05) is 6.42 Å². The van der Waals surface area contributed by atoms with E-state index < -0.39 is 6.10 Å². The highest BCUT2D eigenvalue weighted by Crippen LogP contribution is 2.26. The third kappa shape index (κ3) is 4.10. The molecule has 1 aliphatic heterocycles. The Morgan fingerprint density at radius 2 is 2.22 bits per heavy atom. The highest BCUT2D eigenvalue weighted by atomic mass is 16.3. The van der Waals surface area contributed by atoms with E-state index in [0.29, 0.717) is 19.6 Å². The number of carbonyl (C=O) groups is 1. The normalized spacial score (nSPS) is 20.4. The second kappa shape index (κ2) is 7.42. The summed E-state index contributed by atoms with van der Waals surface area (Å²) in [4.78, 5) is 14.0. The van der Waals surface area contributed by atoms with Gasteiger partial charge in [-0.3, -0.25) is 14.4 Å². The number of aliphatic hydroxyl groups excluding tert-OH is 2. The van der Waals surface area contributed by atoms with Crippen LogP contribution in [0.15, 0.2) is 6.07 Å². The van der Waals surface area contributed by atoms with Gasteiger partial charge in [-0.15, -0.1) is 0 Å².